The summed E-state index contributed by atoms with van der Waals surface area (Å²) in [6.45, 7) is 7.81. The Bertz CT molecular complexity index is 583. The Labute approximate surface area is 135 Å². The van der Waals surface area contributed by atoms with Gasteiger partial charge >= 0.3 is 0 Å². The van der Waals surface area contributed by atoms with Gasteiger partial charge in [0.25, 0.3) is 0 Å². The molecule has 0 radical (unpaired) electrons. The van der Waals surface area contributed by atoms with Crippen molar-refractivity contribution < 1.29 is 4.74 Å². The minimum atomic E-state index is -1.40. The number of nitrogens with zero attached hydrogens (tertiary/aromatic N) is 1. The van der Waals surface area contributed by atoms with E-state index in [1.165, 1.54) is 5.56 Å². The minimum absolute atomic E-state index is 0.291. The standard InChI is InChI=1S/C18H28N2OSi/c1-20-10-8-16(19)13-17(20)14-6-7-18(21-2)15(12-14)9-11-22(3,4)5/h6-7,12,16-17H,8,10,13,19H2,1-5H3. The molecule has 3 nitrogen and oxygen atoms in total. The van der Waals surface area contributed by atoms with Crippen LogP contribution in [0.5, 0.6) is 5.75 Å². The van der Waals surface area contributed by atoms with Crippen LogP contribution in [0.3, 0.4) is 0 Å². The summed E-state index contributed by atoms with van der Waals surface area (Å²) in [6.07, 6.45) is 2.08. The minimum Gasteiger partial charge on any atom is -0.495 e. The highest BCUT2D eigenvalue weighted by Gasteiger charge is 2.25. The van der Waals surface area contributed by atoms with Crippen molar-refractivity contribution in [2.75, 3.05) is 20.7 Å². The van der Waals surface area contributed by atoms with Gasteiger partial charge in [0.15, 0.2) is 0 Å². The lowest BCUT2D eigenvalue weighted by molar-refractivity contribution is 0.171. The number of ether oxygens (including phenoxy) is 1. The number of hydrogen-bond donors (Lipinski definition) is 1. The molecule has 0 spiro atoms. The average Bonchev–Trinajstić information content (AvgIpc) is 2.46. The van der Waals surface area contributed by atoms with E-state index < -0.39 is 8.07 Å². The molecule has 2 N–H and O–H groups in total. The Balaban J connectivity index is 2.35. The third-order valence-corrected chi connectivity index (χ3v) is 4.97. The van der Waals surface area contributed by atoms with Crippen LogP contribution in [0, 0.1) is 11.5 Å². The first-order chi connectivity index (χ1) is 10.3. The third-order valence-electron chi connectivity index (χ3n) is 4.09. The SMILES string of the molecule is COc1ccc(C2CC(N)CCN2C)cc1C#C[Si](C)(C)C. The molecule has 0 amide bonds. The number of hydrogen-bond acceptors (Lipinski definition) is 3. The number of rotatable bonds is 2. The second-order valence-corrected chi connectivity index (χ2v) is 12.0. The summed E-state index contributed by atoms with van der Waals surface area (Å²) >= 11 is 0. The van der Waals surface area contributed by atoms with Crippen LogP contribution in [0.2, 0.25) is 19.6 Å². The zero-order valence-corrected chi connectivity index (χ0v) is 15.4. The van der Waals surface area contributed by atoms with Crippen LogP contribution in [0.15, 0.2) is 18.2 Å². The first-order valence-electron chi connectivity index (χ1n) is 7.97. The van der Waals surface area contributed by atoms with Crippen LogP contribution < -0.4 is 10.5 Å². The van der Waals surface area contributed by atoms with Gasteiger partial charge in [-0.25, -0.2) is 0 Å². The monoisotopic (exact) mass is 316 g/mol. The summed E-state index contributed by atoms with van der Waals surface area (Å²) < 4.78 is 5.48. The Hall–Kier alpha value is -1.28. The molecule has 120 valence electrons. The first-order valence-corrected chi connectivity index (χ1v) is 11.5. The van der Waals surface area contributed by atoms with Crippen LogP contribution >= 0.6 is 0 Å². The molecular weight excluding hydrogens is 288 g/mol. The van der Waals surface area contributed by atoms with Crippen LogP contribution in [-0.2, 0) is 0 Å². The number of likely N-dealkylation sites (tertiary alicyclic amines) is 1. The van der Waals surface area contributed by atoms with Gasteiger partial charge in [0.05, 0.1) is 12.7 Å². The van der Waals surface area contributed by atoms with Crippen molar-refractivity contribution in [3.05, 3.63) is 29.3 Å². The predicted molar refractivity (Wildman–Crippen MR) is 95.8 cm³/mol. The smallest absolute Gasteiger partial charge is 0.134 e. The lowest BCUT2D eigenvalue weighted by Gasteiger charge is -2.36. The Morgan fingerprint density at radius 2 is 2.05 bits per heavy atom. The fourth-order valence-corrected chi connectivity index (χ4v) is 3.30. The van der Waals surface area contributed by atoms with Crippen molar-refractivity contribution >= 4 is 8.07 Å². The number of benzene rings is 1. The first kappa shape index (κ1) is 17.1. The highest BCUT2D eigenvalue weighted by Crippen LogP contribution is 2.31. The normalized spacial score (nSPS) is 22.8. The largest absolute Gasteiger partial charge is 0.495 e. The Morgan fingerprint density at radius 3 is 2.68 bits per heavy atom. The summed E-state index contributed by atoms with van der Waals surface area (Å²) in [5.41, 5.74) is 11.9. The quantitative estimate of drug-likeness (QED) is 0.673. The molecule has 4 heteroatoms. The third kappa shape index (κ3) is 4.36. The number of nitrogens with two attached hydrogens (primary N) is 1. The fraction of sp³-hybridized carbons (Fsp3) is 0.556. The molecule has 2 rings (SSSR count). The van der Waals surface area contributed by atoms with E-state index in [1.807, 2.05) is 6.07 Å². The van der Waals surface area contributed by atoms with E-state index in [1.54, 1.807) is 7.11 Å². The predicted octanol–water partition coefficient (Wildman–Crippen LogP) is 3.02. The van der Waals surface area contributed by atoms with Gasteiger partial charge in [-0.1, -0.05) is 31.6 Å². The van der Waals surface area contributed by atoms with Crippen LogP contribution in [0.4, 0.5) is 0 Å². The molecular formula is C18H28N2OSi. The van der Waals surface area contributed by atoms with Gasteiger partial charge < -0.3 is 10.5 Å². The van der Waals surface area contributed by atoms with Gasteiger partial charge in [-0.2, -0.15) is 0 Å². The van der Waals surface area contributed by atoms with Crippen LogP contribution in [0.1, 0.15) is 30.0 Å². The Morgan fingerprint density at radius 1 is 1.32 bits per heavy atom. The lowest BCUT2D eigenvalue weighted by Crippen LogP contribution is -2.39. The highest BCUT2D eigenvalue weighted by atomic mass is 28.3. The zero-order chi connectivity index (χ0) is 16.3. The molecule has 1 heterocycles. The maximum Gasteiger partial charge on any atom is 0.134 e. The van der Waals surface area contributed by atoms with Gasteiger partial charge in [-0.05, 0) is 44.1 Å². The van der Waals surface area contributed by atoms with Crippen LogP contribution in [0.25, 0.3) is 0 Å². The van der Waals surface area contributed by atoms with E-state index in [-0.39, 0.29) is 0 Å². The highest BCUT2D eigenvalue weighted by molar-refractivity contribution is 6.83. The molecule has 0 saturated carbocycles. The van der Waals surface area contributed by atoms with Gasteiger partial charge in [-0.15, -0.1) is 5.54 Å². The van der Waals surface area contributed by atoms with Crippen molar-refractivity contribution in [1.82, 2.24) is 4.90 Å². The molecule has 2 unspecified atom stereocenters. The summed E-state index contributed by atoms with van der Waals surface area (Å²) in [7, 11) is 2.48. The van der Waals surface area contributed by atoms with E-state index in [2.05, 4.69) is 55.2 Å². The van der Waals surface area contributed by atoms with Crippen molar-refractivity contribution in [2.45, 2.75) is 44.6 Å². The summed E-state index contributed by atoms with van der Waals surface area (Å²) in [6, 6.07) is 7.04. The lowest BCUT2D eigenvalue weighted by atomic mass is 9.92. The van der Waals surface area contributed by atoms with Gasteiger partial charge in [0.2, 0.25) is 0 Å². The van der Waals surface area contributed by atoms with Gasteiger partial charge in [0.1, 0.15) is 13.8 Å². The second kappa shape index (κ2) is 6.87. The maximum absolute atomic E-state index is 6.16. The topological polar surface area (TPSA) is 38.5 Å². The molecule has 1 fully saturated rings. The molecule has 1 aromatic carbocycles. The van der Waals surface area contributed by atoms with E-state index in [0.717, 1.165) is 30.7 Å². The number of methoxy groups -OCH3 is 1. The van der Waals surface area contributed by atoms with Crippen molar-refractivity contribution in [3.8, 4) is 17.2 Å². The van der Waals surface area contributed by atoms with Crippen molar-refractivity contribution in [2.24, 2.45) is 5.73 Å². The van der Waals surface area contributed by atoms with E-state index in [0.29, 0.717) is 12.1 Å². The summed E-state index contributed by atoms with van der Waals surface area (Å²) in [5, 5.41) is 0. The molecule has 0 bridgehead atoms. The van der Waals surface area contributed by atoms with Crippen LogP contribution in [-0.4, -0.2) is 39.7 Å². The molecule has 2 atom stereocenters. The van der Waals surface area contributed by atoms with Gasteiger partial charge in [-0.3, -0.25) is 4.90 Å². The van der Waals surface area contributed by atoms with E-state index in [4.69, 9.17) is 10.5 Å². The van der Waals surface area contributed by atoms with Gasteiger partial charge in [0, 0.05) is 12.1 Å². The molecule has 1 saturated heterocycles. The molecule has 1 aromatic rings. The average molecular weight is 317 g/mol. The molecule has 0 aromatic heterocycles. The van der Waals surface area contributed by atoms with E-state index >= 15 is 0 Å². The second-order valence-electron chi connectivity index (χ2n) is 7.24. The molecule has 22 heavy (non-hydrogen) atoms. The zero-order valence-electron chi connectivity index (χ0n) is 14.4. The van der Waals surface area contributed by atoms with Crippen molar-refractivity contribution in [3.63, 3.8) is 0 Å². The fourth-order valence-electron chi connectivity index (χ4n) is 2.79. The van der Waals surface area contributed by atoms with Crippen molar-refractivity contribution in [1.29, 1.82) is 0 Å². The number of piperidine rings is 1. The molecule has 1 aliphatic rings. The summed E-state index contributed by atoms with van der Waals surface area (Å²) in [4.78, 5) is 2.39. The Kier molecular flexibility index (Phi) is 5.33. The summed E-state index contributed by atoms with van der Waals surface area (Å²) in [5.74, 6) is 4.21. The molecule has 0 aliphatic carbocycles. The van der Waals surface area contributed by atoms with E-state index in [9.17, 15) is 0 Å². The molecule has 1 aliphatic heterocycles. The maximum atomic E-state index is 6.16.